The zero-order valence-electron chi connectivity index (χ0n) is 19.4. The Labute approximate surface area is 195 Å². The number of amides is 1. The molecule has 33 heavy (non-hydrogen) atoms. The lowest BCUT2D eigenvalue weighted by Gasteiger charge is -2.40. The fraction of sp³-hybridized carbons (Fsp3) is 0.481. The molecule has 6 nitrogen and oxygen atoms in total. The highest BCUT2D eigenvalue weighted by Crippen LogP contribution is 2.42. The van der Waals surface area contributed by atoms with Crippen LogP contribution in [0.25, 0.3) is 5.65 Å². The summed E-state index contributed by atoms with van der Waals surface area (Å²) in [4.78, 5) is 20.6. The Hall–Kier alpha value is -2.86. The van der Waals surface area contributed by atoms with Crippen LogP contribution in [-0.4, -0.2) is 53.6 Å². The molecule has 2 fully saturated rings. The van der Waals surface area contributed by atoms with Gasteiger partial charge in [-0.25, -0.2) is 4.98 Å². The number of hydrogen-bond acceptors (Lipinski definition) is 4. The van der Waals surface area contributed by atoms with E-state index >= 15 is 0 Å². The molecule has 5 rings (SSSR count). The average molecular weight is 448 g/mol. The Balaban J connectivity index is 1.37. The summed E-state index contributed by atoms with van der Waals surface area (Å²) in [6.45, 7) is 2.68. The zero-order valence-corrected chi connectivity index (χ0v) is 19.4. The number of pyridine rings is 1. The van der Waals surface area contributed by atoms with Crippen molar-refractivity contribution >= 4 is 11.6 Å². The molecule has 174 valence electrons. The first-order chi connectivity index (χ1) is 16.2. The Kier molecular flexibility index (Phi) is 6.36. The molecular formula is C27H33N3O3. The molecule has 0 radical (unpaired) electrons. The van der Waals surface area contributed by atoms with Crippen LogP contribution < -0.4 is 4.74 Å². The maximum Gasteiger partial charge on any atom is 0.233 e. The number of ether oxygens (including phenoxy) is 2. The smallest absolute Gasteiger partial charge is 0.233 e. The molecule has 2 aromatic heterocycles. The Morgan fingerprint density at radius 1 is 1.15 bits per heavy atom. The third-order valence-electron chi connectivity index (χ3n) is 7.36. The summed E-state index contributed by atoms with van der Waals surface area (Å²) in [5.74, 6) is 1.37. The van der Waals surface area contributed by atoms with Gasteiger partial charge in [0.15, 0.2) is 0 Å². The van der Waals surface area contributed by atoms with Gasteiger partial charge in [-0.2, -0.15) is 0 Å². The Morgan fingerprint density at radius 3 is 2.76 bits per heavy atom. The van der Waals surface area contributed by atoms with Crippen LogP contribution in [0.4, 0.5) is 0 Å². The summed E-state index contributed by atoms with van der Waals surface area (Å²) in [6, 6.07) is 12.3. The fourth-order valence-corrected chi connectivity index (χ4v) is 5.60. The van der Waals surface area contributed by atoms with E-state index in [9.17, 15) is 4.79 Å². The van der Waals surface area contributed by atoms with Crippen molar-refractivity contribution in [1.29, 1.82) is 0 Å². The third-order valence-corrected chi connectivity index (χ3v) is 7.36. The van der Waals surface area contributed by atoms with Crippen molar-refractivity contribution in [3.63, 3.8) is 0 Å². The van der Waals surface area contributed by atoms with Crippen LogP contribution >= 0.6 is 0 Å². The van der Waals surface area contributed by atoms with E-state index in [1.807, 2.05) is 24.5 Å². The second-order valence-corrected chi connectivity index (χ2v) is 9.50. The summed E-state index contributed by atoms with van der Waals surface area (Å²) >= 11 is 0. The summed E-state index contributed by atoms with van der Waals surface area (Å²) in [5.41, 5.74) is 2.88. The average Bonchev–Trinajstić information content (AvgIpc) is 3.21. The molecule has 1 saturated carbocycles. The van der Waals surface area contributed by atoms with Crippen molar-refractivity contribution < 1.29 is 14.3 Å². The van der Waals surface area contributed by atoms with Gasteiger partial charge in [0.25, 0.3) is 0 Å². The number of fused-ring (bicyclic) bond motifs is 1. The van der Waals surface area contributed by atoms with Gasteiger partial charge in [-0.15, -0.1) is 0 Å². The molecule has 6 heteroatoms. The van der Waals surface area contributed by atoms with Crippen LogP contribution in [0.5, 0.6) is 5.75 Å². The number of hydrogen-bond donors (Lipinski definition) is 0. The second kappa shape index (κ2) is 9.56. The van der Waals surface area contributed by atoms with Gasteiger partial charge in [-0.1, -0.05) is 37.5 Å². The molecule has 1 aromatic carbocycles. The van der Waals surface area contributed by atoms with Crippen molar-refractivity contribution in [1.82, 2.24) is 14.3 Å². The lowest BCUT2D eigenvalue weighted by molar-refractivity contribution is -0.139. The predicted molar refractivity (Wildman–Crippen MR) is 128 cm³/mol. The quantitative estimate of drug-likeness (QED) is 0.586. The van der Waals surface area contributed by atoms with Crippen molar-refractivity contribution in [2.24, 2.45) is 5.92 Å². The standard InChI is InChI=1S/C27H33N3O3/c1-32-24-8-6-23(7-9-24)27(11-3-2-4-12-27)26(31)30-15-16-33-20-22(19-30)17-21-5-10-25-28-13-14-29(25)18-21/h5-10,13-14,18,22H,2-4,11-12,15-17,19-20H2,1H3/t22-/m0/s1. The zero-order chi connectivity index (χ0) is 22.7. The molecule has 1 aliphatic carbocycles. The first kappa shape index (κ1) is 22.0. The molecule has 1 atom stereocenters. The number of benzene rings is 1. The monoisotopic (exact) mass is 447 g/mol. The lowest BCUT2D eigenvalue weighted by atomic mass is 9.68. The van der Waals surface area contributed by atoms with E-state index in [0.717, 1.165) is 55.6 Å². The minimum absolute atomic E-state index is 0.271. The minimum Gasteiger partial charge on any atom is -0.497 e. The molecule has 2 aliphatic rings. The van der Waals surface area contributed by atoms with Crippen LogP contribution in [-0.2, 0) is 21.4 Å². The van der Waals surface area contributed by atoms with Gasteiger partial charge < -0.3 is 18.8 Å². The molecule has 1 aliphatic heterocycles. The van der Waals surface area contributed by atoms with E-state index < -0.39 is 5.41 Å². The van der Waals surface area contributed by atoms with Gasteiger partial charge in [0.05, 0.1) is 25.7 Å². The summed E-state index contributed by atoms with van der Waals surface area (Å²) in [5, 5.41) is 0. The van der Waals surface area contributed by atoms with E-state index in [2.05, 4.69) is 44.7 Å². The normalized spacial score (nSPS) is 21.0. The minimum atomic E-state index is -0.435. The van der Waals surface area contributed by atoms with Gasteiger partial charge in [0, 0.05) is 37.6 Å². The summed E-state index contributed by atoms with van der Waals surface area (Å²) in [6.07, 6.45) is 12.0. The molecule has 0 N–H and O–H groups in total. The van der Waals surface area contributed by atoms with Crippen LogP contribution in [0, 0.1) is 5.92 Å². The van der Waals surface area contributed by atoms with Crippen LogP contribution in [0.2, 0.25) is 0 Å². The first-order valence-electron chi connectivity index (χ1n) is 12.1. The molecule has 3 aromatic rings. The van der Waals surface area contributed by atoms with Crippen molar-refractivity contribution in [3.8, 4) is 5.75 Å². The van der Waals surface area contributed by atoms with Crippen molar-refractivity contribution in [2.75, 3.05) is 33.4 Å². The lowest BCUT2D eigenvalue weighted by Crippen LogP contribution is -2.50. The largest absolute Gasteiger partial charge is 0.497 e. The number of methoxy groups -OCH3 is 1. The Bertz CT molecular complexity index is 1090. The highest BCUT2D eigenvalue weighted by atomic mass is 16.5. The van der Waals surface area contributed by atoms with Gasteiger partial charge in [0.1, 0.15) is 11.4 Å². The molecular weight excluding hydrogens is 414 g/mol. The number of rotatable bonds is 5. The maximum absolute atomic E-state index is 14.1. The number of aromatic nitrogens is 2. The van der Waals surface area contributed by atoms with Gasteiger partial charge in [0.2, 0.25) is 5.91 Å². The molecule has 0 bridgehead atoms. The molecule has 1 saturated heterocycles. The van der Waals surface area contributed by atoms with Crippen molar-refractivity contribution in [2.45, 2.75) is 43.9 Å². The van der Waals surface area contributed by atoms with E-state index in [1.54, 1.807) is 7.11 Å². The maximum atomic E-state index is 14.1. The number of carbonyl (C=O) groups excluding carboxylic acids is 1. The molecule has 3 heterocycles. The van der Waals surface area contributed by atoms with Crippen LogP contribution in [0.3, 0.4) is 0 Å². The molecule has 1 amide bonds. The van der Waals surface area contributed by atoms with E-state index in [1.165, 1.54) is 12.0 Å². The van der Waals surface area contributed by atoms with E-state index in [0.29, 0.717) is 19.8 Å². The second-order valence-electron chi connectivity index (χ2n) is 9.50. The van der Waals surface area contributed by atoms with Gasteiger partial charge in [-0.05, 0) is 48.6 Å². The number of nitrogens with zero attached hydrogens (tertiary/aromatic N) is 3. The molecule has 0 spiro atoms. The Morgan fingerprint density at radius 2 is 1.97 bits per heavy atom. The number of carbonyl (C=O) groups is 1. The number of imidazole rings is 1. The van der Waals surface area contributed by atoms with Crippen molar-refractivity contribution in [3.05, 3.63) is 66.1 Å². The molecule has 0 unspecified atom stereocenters. The van der Waals surface area contributed by atoms with Gasteiger partial charge >= 0.3 is 0 Å². The topological polar surface area (TPSA) is 56.1 Å². The predicted octanol–water partition coefficient (Wildman–Crippen LogP) is 4.26. The summed E-state index contributed by atoms with van der Waals surface area (Å²) < 4.78 is 13.4. The van der Waals surface area contributed by atoms with Gasteiger partial charge in [-0.3, -0.25) is 4.79 Å². The third kappa shape index (κ3) is 4.49. The van der Waals surface area contributed by atoms with E-state index in [4.69, 9.17) is 9.47 Å². The fourth-order valence-electron chi connectivity index (χ4n) is 5.60. The summed E-state index contributed by atoms with van der Waals surface area (Å²) in [7, 11) is 1.68. The van der Waals surface area contributed by atoms with E-state index in [-0.39, 0.29) is 11.8 Å². The van der Waals surface area contributed by atoms with Crippen LogP contribution in [0.1, 0.15) is 43.2 Å². The van der Waals surface area contributed by atoms with Crippen LogP contribution in [0.15, 0.2) is 55.0 Å². The highest BCUT2D eigenvalue weighted by Gasteiger charge is 2.44. The highest BCUT2D eigenvalue weighted by molar-refractivity contribution is 5.88. The first-order valence-corrected chi connectivity index (χ1v) is 12.1. The SMILES string of the molecule is COc1ccc(C2(C(=O)N3CCOC[C@@H](Cc4ccc5nccn5c4)C3)CCCCC2)cc1.